The highest BCUT2D eigenvalue weighted by Crippen LogP contribution is 2.17. The van der Waals surface area contributed by atoms with Crippen molar-refractivity contribution in [2.75, 3.05) is 20.2 Å². The topological polar surface area (TPSA) is 47.6 Å². The molecule has 4 heteroatoms. The monoisotopic (exact) mass is 235 g/mol. The number of methoxy groups -OCH3 is 1. The van der Waals surface area contributed by atoms with E-state index in [4.69, 9.17) is 4.74 Å². The summed E-state index contributed by atoms with van der Waals surface area (Å²) in [5.74, 6) is 0.388. The molecule has 1 aromatic carbocycles. The van der Waals surface area contributed by atoms with Crippen LogP contribution in [-0.4, -0.2) is 32.3 Å². The SMILES string of the molecule is COC(=O)c1cccc(O[C@@H]2CCCNC2)c1. The lowest BCUT2D eigenvalue weighted by atomic mass is 10.1. The van der Waals surface area contributed by atoms with Crippen LogP contribution in [0.25, 0.3) is 0 Å². The predicted octanol–water partition coefficient (Wildman–Crippen LogP) is 1.60. The molecular formula is C13H17NO3. The summed E-state index contributed by atoms with van der Waals surface area (Å²) < 4.78 is 10.5. The number of rotatable bonds is 3. The van der Waals surface area contributed by atoms with Gasteiger partial charge in [-0.25, -0.2) is 4.79 Å². The van der Waals surface area contributed by atoms with Gasteiger partial charge in [-0.3, -0.25) is 0 Å². The van der Waals surface area contributed by atoms with Gasteiger partial charge in [-0.15, -0.1) is 0 Å². The number of esters is 1. The lowest BCUT2D eigenvalue weighted by Gasteiger charge is -2.24. The minimum absolute atomic E-state index is 0.191. The van der Waals surface area contributed by atoms with E-state index < -0.39 is 0 Å². The highest BCUT2D eigenvalue weighted by Gasteiger charge is 2.15. The molecule has 0 saturated carbocycles. The van der Waals surface area contributed by atoms with E-state index in [1.165, 1.54) is 7.11 Å². The Morgan fingerprint density at radius 1 is 1.47 bits per heavy atom. The van der Waals surface area contributed by atoms with Gasteiger partial charge >= 0.3 is 5.97 Å². The Kier molecular flexibility index (Phi) is 3.98. The van der Waals surface area contributed by atoms with Gasteiger partial charge in [-0.1, -0.05) is 6.07 Å². The van der Waals surface area contributed by atoms with Crippen molar-refractivity contribution in [1.29, 1.82) is 0 Å². The summed E-state index contributed by atoms with van der Waals surface area (Å²) >= 11 is 0. The summed E-state index contributed by atoms with van der Waals surface area (Å²) in [6, 6.07) is 7.11. The molecule has 1 fully saturated rings. The molecular weight excluding hydrogens is 218 g/mol. The van der Waals surface area contributed by atoms with Crippen LogP contribution in [0.4, 0.5) is 0 Å². The fraction of sp³-hybridized carbons (Fsp3) is 0.462. The maximum Gasteiger partial charge on any atom is 0.337 e. The van der Waals surface area contributed by atoms with Gasteiger partial charge in [0.25, 0.3) is 0 Å². The van der Waals surface area contributed by atoms with E-state index in [2.05, 4.69) is 10.1 Å². The fourth-order valence-corrected chi connectivity index (χ4v) is 1.93. The van der Waals surface area contributed by atoms with Crippen molar-refractivity contribution in [3.63, 3.8) is 0 Å². The van der Waals surface area contributed by atoms with E-state index in [0.29, 0.717) is 5.56 Å². The maximum atomic E-state index is 11.4. The molecule has 0 spiro atoms. The number of hydrogen-bond acceptors (Lipinski definition) is 4. The first-order valence-electron chi connectivity index (χ1n) is 5.85. The average molecular weight is 235 g/mol. The number of carbonyl (C=O) groups excluding carboxylic acids is 1. The van der Waals surface area contributed by atoms with Gasteiger partial charge in [0.1, 0.15) is 11.9 Å². The van der Waals surface area contributed by atoms with Gasteiger partial charge in [-0.05, 0) is 37.6 Å². The van der Waals surface area contributed by atoms with Gasteiger partial charge < -0.3 is 14.8 Å². The number of carbonyl (C=O) groups is 1. The highest BCUT2D eigenvalue weighted by molar-refractivity contribution is 5.89. The first-order valence-corrected chi connectivity index (χ1v) is 5.85. The Labute approximate surface area is 101 Å². The molecule has 1 atom stereocenters. The van der Waals surface area contributed by atoms with Crippen molar-refractivity contribution in [2.45, 2.75) is 18.9 Å². The summed E-state index contributed by atoms with van der Waals surface area (Å²) in [4.78, 5) is 11.4. The molecule has 1 aliphatic rings. The number of ether oxygens (including phenoxy) is 2. The molecule has 92 valence electrons. The minimum Gasteiger partial charge on any atom is -0.489 e. The van der Waals surface area contributed by atoms with Crippen LogP contribution in [0.1, 0.15) is 23.2 Å². The summed E-state index contributed by atoms with van der Waals surface area (Å²) in [5, 5.41) is 3.29. The molecule has 1 heterocycles. The van der Waals surface area contributed by atoms with Crippen LogP contribution in [0, 0.1) is 0 Å². The Morgan fingerprint density at radius 2 is 2.35 bits per heavy atom. The Morgan fingerprint density at radius 3 is 3.06 bits per heavy atom. The van der Waals surface area contributed by atoms with Gasteiger partial charge in [0.2, 0.25) is 0 Å². The molecule has 0 aliphatic carbocycles. The van der Waals surface area contributed by atoms with Gasteiger partial charge in [0.05, 0.1) is 12.7 Å². The molecule has 0 unspecified atom stereocenters. The van der Waals surface area contributed by atoms with E-state index in [9.17, 15) is 4.79 Å². The third-order valence-electron chi connectivity index (χ3n) is 2.81. The van der Waals surface area contributed by atoms with Crippen molar-refractivity contribution < 1.29 is 14.3 Å². The van der Waals surface area contributed by atoms with Crippen LogP contribution in [0.2, 0.25) is 0 Å². The summed E-state index contributed by atoms with van der Waals surface area (Å²) in [5.41, 5.74) is 0.522. The van der Waals surface area contributed by atoms with Crippen LogP contribution >= 0.6 is 0 Å². The van der Waals surface area contributed by atoms with Gasteiger partial charge in [0, 0.05) is 6.54 Å². The zero-order valence-electron chi connectivity index (χ0n) is 9.94. The van der Waals surface area contributed by atoms with Gasteiger partial charge in [-0.2, -0.15) is 0 Å². The molecule has 1 aromatic rings. The van der Waals surface area contributed by atoms with Crippen LogP contribution in [0.3, 0.4) is 0 Å². The number of benzene rings is 1. The molecule has 2 rings (SSSR count). The quantitative estimate of drug-likeness (QED) is 0.808. The maximum absolute atomic E-state index is 11.4. The molecule has 0 amide bonds. The second kappa shape index (κ2) is 5.68. The lowest BCUT2D eigenvalue weighted by molar-refractivity contribution is 0.0599. The van der Waals surface area contributed by atoms with E-state index in [0.717, 1.165) is 31.7 Å². The second-order valence-electron chi connectivity index (χ2n) is 4.11. The Balaban J connectivity index is 2.02. The molecule has 1 aliphatic heterocycles. The molecule has 1 saturated heterocycles. The average Bonchev–Trinajstić information content (AvgIpc) is 2.39. The lowest BCUT2D eigenvalue weighted by Crippen LogP contribution is -2.37. The minimum atomic E-state index is -0.336. The van der Waals surface area contributed by atoms with Crippen molar-refractivity contribution in [3.05, 3.63) is 29.8 Å². The molecule has 17 heavy (non-hydrogen) atoms. The first kappa shape index (κ1) is 11.9. The number of hydrogen-bond donors (Lipinski definition) is 1. The third kappa shape index (κ3) is 3.20. The van der Waals surface area contributed by atoms with Crippen LogP contribution in [-0.2, 0) is 4.74 Å². The molecule has 0 radical (unpaired) electrons. The summed E-state index contributed by atoms with van der Waals surface area (Å²) in [6.07, 6.45) is 2.37. The van der Waals surface area contributed by atoms with Crippen molar-refractivity contribution in [2.24, 2.45) is 0 Å². The highest BCUT2D eigenvalue weighted by atomic mass is 16.5. The van der Waals surface area contributed by atoms with Crippen molar-refractivity contribution in [3.8, 4) is 5.75 Å². The Bertz CT molecular complexity index is 386. The van der Waals surface area contributed by atoms with Gasteiger partial charge in [0.15, 0.2) is 0 Å². The zero-order chi connectivity index (χ0) is 12.1. The predicted molar refractivity (Wildman–Crippen MR) is 64.3 cm³/mol. The zero-order valence-corrected chi connectivity index (χ0v) is 9.94. The number of piperidine rings is 1. The number of nitrogens with one attached hydrogen (secondary N) is 1. The smallest absolute Gasteiger partial charge is 0.337 e. The molecule has 1 N–H and O–H groups in total. The standard InChI is InChI=1S/C13H17NO3/c1-16-13(15)10-4-2-5-11(8-10)17-12-6-3-7-14-9-12/h2,4-5,8,12,14H,3,6-7,9H2,1H3/t12-/m1/s1. The van der Waals surface area contributed by atoms with Crippen LogP contribution in [0.5, 0.6) is 5.75 Å². The summed E-state index contributed by atoms with van der Waals surface area (Å²) in [6.45, 7) is 1.92. The normalized spacial score (nSPS) is 19.7. The Hall–Kier alpha value is -1.55. The molecule has 0 bridgehead atoms. The first-order chi connectivity index (χ1) is 8.29. The van der Waals surface area contributed by atoms with Crippen LogP contribution in [0.15, 0.2) is 24.3 Å². The van der Waals surface area contributed by atoms with E-state index in [1.807, 2.05) is 6.07 Å². The van der Waals surface area contributed by atoms with Crippen molar-refractivity contribution >= 4 is 5.97 Å². The van der Waals surface area contributed by atoms with Crippen LogP contribution < -0.4 is 10.1 Å². The largest absolute Gasteiger partial charge is 0.489 e. The molecule has 4 nitrogen and oxygen atoms in total. The third-order valence-corrected chi connectivity index (χ3v) is 2.81. The van der Waals surface area contributed by atoms with E-state index in [-0.39, 0.29) is 12.1 Å². The summed E-state index contributed by atoms with van der Waals surface area (Å²) in [7, 11) is 1.38. The second-order valence-corrected chi connectivity index (χ2v) is 4.11. The van der Waals surface area contributed by atoms with E-state index in [1.54, 1.807) is 18.2 Å². The van der Waals surface area contributed by atoms with E-state index >= 15 is 0 Å². The fourth-order valence-electron chi connectivity index (χ4n) is 1.93. The van der Waals surface area contributed by atoms with Crippen molar-refractivity contribution in [1.82, 2.24) is 5.32 Å². The molecule has 0 aromatic heterocycles.